The second kappa shape index (κ2) is 11.2. The van der Waals surface area contributed by atoms with Crippen LogP contribution in [0.4, 0.5) is 0 Å². The third-order valence-corrected chi connectivity index (χ3v) is 2.73. The average Bonchev–Trinajstić information content (AvgIpc) is 2.28. The number of aliphatic hydroxyl groups excluding tert-OH is 1. The largest absolute Gasteiger partial charge is 0.466 e. The standard InChI is InChI=1S/C14H26O4/c1-3-5-6-7-8-9-12(15)10-13(16)11-14(17)18-4-2/h13,16H,3-11H2,1-2H3. The minimum atomic E-state index is -0.896. The Labute approximate surface area is 110 Å². The highest BCUT2D eigenvalue weighted by Gasteiger charge is 2.15. The van der Waals surface area contributed by atoms with Gasteiger partial charge in [0.15, 0.2) is 0 Å². The highest BCUT2D eigenvalue weighted by Crippen LogP contribution is 2.09. The van der Waals surface area contributed by atoms with Crippen LogP contribution in [-0.4, -0.2) is 29.6 Å². The molecule has 0 aliphatic rings. The smallest absolute Gasteiger partial charge is 0.308 e. The maximum absolute atomic E-state index is 11.5. The summed E-state index contributed by atoms with van der Waals surface area (Å²) in [7, 11) is 0. The van der Waals surface area contributed by atoms with Crippen molar-refractivity contribution in [2.24, 2.45) is 0 Å². The van der Waals surface area contributed by atoms with E-state index in [0.717, 1.165) is 19.3 Å². The molecule has 18 heavy (non-hydrogen) atoms. The molecule has 1 unspecified atom stereocenters. The summed E-state index contributed by atoms with van der Waals surface area (Å²) >= 11 is 0. The lowest BCUT2D eigenvalue weighted by Gasteiger charge is -2.09. The van der Waals surface area contributed by atoms with E-state index in [2.05, 4.69) is 6.92 Å². The quantitative estimate of drug-likeness (QED) is 0.457. The first-order valence-corrected chi connectivity index (χ1v) is 6.95. The Hall–Kier alpha value is -0.900. The summed E-state index contributed by atoms with van der Waals surface area (Å²) in [6.07, 6.45) is 5.08. The van der Waals surface area contributed by atoms with Crippen molar-refractivity contribution in [2.75, 3.05) is 6.61 Å². The third kappa shape index (κ3) is 10.3. The van der Waals surface area contributed by atoms with Gasteiger partial charge >= 0.3 is 5.97 Å². The van der Waals surface area contributed by atoms with Crippen LogP contribution in [-0.2, 0) is 14.3 Å². The van der Waals surface area contributed by atoms with Crippen molar-refractivity contribution in [1.29, 1.82) is 0 Å². The lowest BCUT2D eigenvalue weighted by atomic mass is 10.0. The molecule has 0 bridgehead atoms. The van der Waals surface area contributed by atoms with E-state index in [0.29, 0.717) is 13.0 Å². The molecule has 0 fully saturated rings. The summed E-state index contributed by atoms with van der Waals surface area (Å²) in [6, 6.07) is 0. The minimum absolute atomic E-state index is 0.0308. The number of ketones is 1. The molecule has 0 saturated carbocycles. The third-order valence-electron chi connectivity index (χ3n) is 2.73. The molecule has 4 heteroatoms. The molecule has 0 aromatic heterocycles. The first-order valence-electron chi connectivity index (χ1n) is 6.95. The van der Waals surface area contributed by atoms with E-state index in [1.807, 2.05) is 0 Å². The second-order valence-corrected chi connectivity index (χ2v) is 4.57. The van der Waals surface area contributed by atoms with Gasteiger partial charge in [0.25, 0.3) is 0 Å². The zero-order chi connectivity index (χ0) is 13.8. The predicted octanol–water partition coefficient (Wildman–Crippen LogP) is 2.62. The van der Waals surface area contributed by atoms with Crippen LogP contribution < -0.4 is 0 Å². The SMILES string of the molecule is CCCCCCCC(=O)CC(O)CC(=O)OCC. The highest BCUT2D eigenvalue weighted by atomic mass is 16.5. The minimum Gasteiger partial charge on any atom is -0.466 e. The summed E-state index contributed by atoms with van der Waals surface area (Å²) in [5, 5.41) is 9.54. The Morgan fingerprint density at radius 3 is 2.33 bits per heavy atom. The summed E-state index contributed by atoms with van der Waals surface area (Å²) in [5.74, 6) is -0.413. The molecule has 1 atom stereocenters. The van der Waals surface area contributed by atoms with Gasteiger partial charge in [0.05, 0.1) is 19.1 Å². The monoisotopic (exact) mass is 258 g/mol. The molecule has 1 N–H and O–H groups in total. The van der Waals surface area contributed by atoms with Gasteiger partial charge < -0.3 is 9.84 Å². The number of esters is 1. The number of rotatable bonds is 11. The zero-order valence-electron chi connectivity index (χ0n) is 11.6. The molecular formula is C14H26O4. The van der Waals surface area contributed by atoms with Gasteiger partial charge in [0.2, 0.25) is 0 Å². The van der Waals surface area contributed by atoms with Gasteiger partial charge in [0, 0.05) is 12.8 Å². The number of aliphatic hydroxyl groups is 1. The number of unbranched alkanes of at least 4 members (excludes halogenated alkanes) is 4. The number of hydrogen-bond donors (Lipinski definition) is 1. The molecule has 0 aliphatic heterocycles. The van der Waals surface area contributed by atoms with Gasteiger partial charge in [-0.1, -0.05) is 32.6 Å². The van der Waals surface area contributed by atoms with Crippen molar-refractivity contribution < 1.29 is 19.4 Å². The van der Waals surface area contributed by atoms with E-state index < -0.39 is 12.1 Å². The normalized spacial score (nSPS) is 12.2. The highest BCUT2D eigenvalue weighted by molar-refractivity contribution is 5.79. The van der Waals surface area contributed by atoms with Gasteiger partial charge in [-0.15, -0.1) is 0 Å². The number of ether oxygens (including phenoxy) is 1. The topological polar surface area (TPSA) is 63.6 Å². The summed E-state index contributed by atoms with van der Waals surface area (Å²) < 4.78 is 4.71. The lowest BCUT2D eigenvalue weighted by molar-refractivity contribution is -0.145. The fourth-order valence-electron chi connectivity index (χ4n) is 1.78. The summed E-state index contributed by atoms with van der Waals surface area (Å²) in [4.78, 5) is 22.6. The molecule has 0 heterocycles. The molecule has 0 aromatic carbocycles. The Morgan fingerprint density at radius 1 is 1.06 bits per heavy atom. The van der Waals surface area contributed by atoms with Gasteiger partial charge in [-0.25, -0.2) is 0 Å². The Morgan fingerprint density at radius 2 is 1.72 bits per heavy atom. The van der Waals surface area contributed by atoms with Crippen LogP contribution in [0.15, 0.2) is 0 Å². The van der Waals surface area contributed by atoms with Crippen molar-refractivity contribution in [3.05, 3.63) is 0 Å². The number of hydrogen-bond acceptors (Lipinski definition) is 4. The molecule has 0 rings (SSSR count). The fraction of sp³-hybridized carbons (Fsp3) is 0.857. The van der Waals surface area contributed by atoms with E-state index in [-0.39, 0.29) is 18.6 Å². The maximum Gasteiger partial charge on any atom is 0.308 e. The van der Waals surface area contributed by atoms with Crippen LogP contribution in [0.2, 0.25) is 0 Å². The molecule has 0 saturated heterocycles. The first-order chi connectivity index (χ1) is 8.60. The molecule has 4 nitrogen and oxygen atoms in total. The molecule has 0 amide bonds. The van der Waals surface area contributed by atoms with E-state index >= 15 is 0 Å². The molecule has 106 valence electrons. The molecule has 0 radical (unpaired) electrons. The summed E-state index contributed by atoms with van der Waals surface area (Å²) in [6.45, 7) is 4.17. The lowest BCUT2D eigenvalue weighted by Crippen LogP contribution is -2.19. The van der Waals surface area contributed by atoms with Crippen LogP contribution in [0.25, 0.3) is 0 Å². The van der Waals surface area contributed by atoms with Gasteiger partial charge in [-0.3, -0.25) is 9.59 Å². The van der Waals surface area contributed by atoms with Crippen LogP contribution >= 0.6 is 0 Å². The Kier molecular flexibility index (Phi) is 10.6. The van der Waals surface area contributed by atoms with Gasteiger partial charge in [-0.05, 0) is 13.3 Å². The van der Waals surface area contributed by atoms with Crippen molar-refractivity contribution in [1.82, 2.24) is 0 Å². The van der Waals surface area contributed by atoms with Crippen molar-refractivity contribution >= 4 is 11.8 Å². The summed E-state index contributed by atoms with van der Waals surface area (Å²) in [5.41, 5.74) is 0. The van der Waals surface area contributed by atoms with E-state index in [4.69, 9.17) is 4.74 Å². The van der Waals surface area contributed by atoms with E-state index in [1.165, 1.54) is 12.8 Å². The van der Waals surface area contributed by atoms with Crippen molar-refractivity contribution in [3.8, 4) is 0 Å². The zero-order valence-corrected chi connectivity index (χ0v) is 11.6. The fourth-order valence-corrected chi connectivity index (χ4v) is 1.78. The van der Waals surface area contributed by atoms with E-state index in [1.54, 1.807) is 6.92 Å². The molecule has 0 aliphatic carbocycles. The average molecular weight is 258 g/mol. The molecule has 0 spiro atoms. The van der Waals surface area contributed by atoms with Crippen molar-refractivity contribution in [2.45, 2.75) is 71.3 Å². The predicted molar refractivity (Wildman–Crippen MR) is 70.3 cm³/mol. The number of carbonyl (C=O) groups is 2. The Bertz CT molecular complexity index is 238. The first kappa shape index (κ1) is 17.1. The van der Waals surface area contributed by atoms with Gasteiger partial charge in [0.1, 0.15) is 5.78 Å². The molecule has 0 aromatic rings. The second-order valence-electron chi connectivity index (χ2n) is 4.57. The molecular weight excluding hydrogens is 232 g/mol. The number of Topliss-reactive ketones (excluding diaryl/α,β-unsaturated/α-hetero) is 1. The van der Waals surface area contributed by atoms with Crippen LogP contribution in [0.3, 0.4) is 0 Å². The van der Waals surface area contributed by atoms with Crippen molar-refractivity contribution in [3.63, 3.8) is 0 Å². The Balaban J connectivity index is 3.58. The van der Waals surface area contributed by atoms with Gasteiger partial charge in [-0.2, -0.15) is 0 Å². The van der Waals surface area contributed by atoms with E-state index in [9.17, 15) is 14.7 Å². The van der Waals surface area contributed by atoms with Crippen LogP contribution in [0.1, 0.15) is 65.2 Å². The van der Waals surface area contributed by atoms with Crippen LogP contribution in [0.5, 0.6) is 0 Å². The maximum atomic E-state index is 11.5. The van der Waals surface area contributed by atoms with Crippen LogP contribution in [0, 0.1) is 0 Å². The number of carbonyl (C=O) groups excluding carboxylic acids is 2.